The monoisotopic (exact) mass is 266 g/mol. The minimum atomic E-state index is -1.06. The van der Waals surface area contributed by atoms with Crippen molar-refractivity contribution in [3.8, 4) is 0 Å². The summed E-state index contributed by atoms with van der Waals surface area (Å²) < 4.78 is 0. The van der Waals surface area contributed by atoms with Crippen molar-refractivity contribution in [2.45, 2.75) is 26.2 Å². The Bertz CT molecular complexity index is 460. The largest absolute Gasteiger partial charge is 0.478 e. The zero-order valence-electron chi connectivity index (χ0n) is 10.8. The molecule has 0 aliphatic heterocycles. The van der Waals surface area contributed by atoms with Gasteiger partial charge < -0.3 is 15.5 Å². The maximum Gasteiger partial charge on any atom is 0.336 e. The van der Waals surface area contributed by atoms with Gasteiger partial charge in [-0.3, -0.25) is 9.78 Å². The number of carboxylic acids is 1. The Hall–Kier alpha value is -1.95. The highest BCUT2D eigenvalue weighted by Crippen LogP contribution is 2.13. The molecule has 0 saturated carbocycles. The zero-order chi connectivity index (χ0) is 14.3. The molecule has 1 rings (SSSR count). The highest BCUT2D eigenvalue weighted by Gasteiger charge is 2.18. The minimum Gasteiger partial charge on any atom is -0.478 e. The average molecular weight is 266 g/mol. The van der Waals surface area contributed by atoms with E-state index in [2.05, 4.69) is 10.3 Å². The number of aliphatic hydroxyl groups excluding tert-OH is 1. The summed E-state index contributed by atoms with van der Waals surface area (Å²) in [5, 5.41) is 20.4. The first-order valence-corrected chi connectivity index (χ1v) is 6.22. The van der Waals surface area contributed by atoms with Gasteiger partial charge in [-0.1, -0.05) is 6.92 Å². The maximum absolute atomic E-state index is 11.9. The smallest absolute Gasteiger partial charge is 0.336 e. The van der Waals surface area contributed by atoms with Crippen LogP contribution in [0.1, 0.15) is 46.2 Å². The lowest BCUT2D eigenvalue weighted by Gasteiger charge is -2.10. The van der Waals surface area contributed by atoms with Crippen LogP contribution in [0.25, 0.3) is 0 Å². The van der Waals surface area contributed by atoms with Crippen LogP contribution in [0.3, 0.4) is 0 Å². The van der Waals surface area contributed by atoms with Gasteiger partial charge >= 0.3 is 5.97 Å². The fourth-order valence-corrected chi connectivity index (χ4v) is 1.77. The summed E-state index contributed by atoms with van der Waals surface area (Å²) in [6.45, 7) is 2.30. The molecular formula is C13H18N2O4. The number of carbonyl (C=O) groups is 2. The maximum atomic E-state index is 11.9. The molecule has 0 saturated heterocycles. The standard InChI is InChI=1S/C13H18N2O4/c1-2-9-10(13(18)19)5-7-14-11(9)12(17)15-6-3-4-8-16/h5,7,16H,2-4,6,8H2,1H3,(H,15,17)(H,18,19). The van der Waals surface area contributed by atoms with Crippen LogP contribution in [0.15, 0.2) is 12.3 Å². The second-order valence-corrected chi connectivity index (χ2v) is 4.03. The predicted molar refractivity (Wildman–Crippen MR) is 69.2 cm³/mol. The fraction of sp³-hybridized carbons (Fsp3) is 0.462. The third-order valence-electron chi connectivity index (χ3n) is 2.73. The average Bonchev–Trinajstić information content (AvgIpc) is 2.42. The fourth-order valence-electron chi connectivity index (χ4n) is 1.77. The number of amides is 1. The van der Waals surface area contributed by atoms with Crippen LogP contribution in [0.4, 0.5) is 0 Å². The van der Waals surface area contributed by atoms with Crippen LogP contribution < -0.4 is 5.32 Å². The molecule has 0 aliphatic rings. The molecule has 1 heterocycles. The summed E-state index contributed by atoms with van der Waals surface area (Å²) in [6, 6.07) is 1.39. The number of aromatic carboxylic acids is 1. The Morgan fingerprint density at radius 1 is 1.37 bits per heavy atom. The van der Waals surface area contributed by atoms with Gasteiger partial charge in [-0.2, -0.15) is 0 Å². The molecule has 1 aromatic rings. The van der Waals surface area contributed by atoms with Crippen LogP contribution in [-0.2, 0) is 6.42 Å². The Labute approximate surface area is 111 Å². The molecule has 0 aliphatic carbocycles. The van der Waals surface area contributed by atoms with Gasteiger partial charge in [0, 0.05) is 19.3 Å². The van der Waals surface area contributed by atoms with E-state index >= 15 is 0 Å². The lowest BCUT2D eigenvalue weighted by molar-refractivity contribution is 0.0695. The quantitative estimate of drug-likeness (QED) is 0.635. The summed E-state index contributed by atoms with van der Waals surface area (Å²) in [5.41, 5.74) is 0.707. The van der Waals surface area contributed by atoms with Gasteiger partial charge in [0.15, 0.2) is 0 Å². The second kappa shape index (κ2) is 7.48. The molecule has 6 nitrogen and oxygen atoms in total. The Morgan fingerprint density at radius 2 is 2.11 bits per heavy atom. The second-order valence-electron chi connectivity index (χ2n) is 4.03. The van der Waals surface area contributed by atoms with E-state index in [9.17, 15) is 9.59 Å². The number of hydrogen-bond acceptors (Lipinski definition) is 4. The number of rotatable bonds is 7. The van der Waals surface area contributed by atoms with Gasteiger partial charge in [0.25, 0.3) is 5.91 Å². The molecule has 0 atom stereocenters. The predicted octanol–water partition coefficient (Wildman–Crippen LogP) is 0.844. The number of nitrogens with one attached hydrogen (secondary N) is 1. The van der Waals surface area contributed by atoms with E-state index in [0.29, 0.717) is 31.4 Å². The molecule has 1 aromatic heterocycles. The first-order chi connectivity index (χ1) is 9.11. The number of aromatic nitrogens is 1. The van der Waals surface area contributed by atoms with Gasteiger partial charge in [-0.25, -0.2) is 4.79 Å². The molecule has 0 radical (unpaired) electrons. The van der Waals surface area contributed by atoms with Crippen molar-refractivity contribution in [3.63, 3.8) is 0 Å². The third-order valence-corrected chi connectivity index (χ3v) is 2.73. The Kier molecular flexibility index (Phi) is 5.95. The van der Waals surface area contributed by atoms with Gasteiger partial charge in [0.1, 0.15) is 5.69 Å². The topological polar surface area (TPSA) is 99.5 Å². The van der Waals surface area contributed by atoms with Crippen LogP contribution in [-0.4, -0.2) is 40.2 Å². The molecule has 104 valence electrons. The molecular weight excluding hydrogens is 248 g/mol. The molecule has 3 N–H and O–H groups in total. The number of carboxylic acid groups (broad SMARTS) is 1. The SMILES string of the molecule is CCc1c(C(=O)O)ccnc1C(=O)NCCCCO. The molecule has 0 bridgehead atoms. The van der Waals surface area contributed by atoms with Gasteiger partial charge in [0.2, 0.25) is 0 Å². The summed E-state index contributed by atoms with van der Waals surface area (Å²) in [6.07, 6.45) is 3.03. The van der Waals surface area contributed by atoms with E-state index in [1.165, 1.54) is 12.3 Å². The third kappa shape index (κ3) is 4.03. The number of unbranched alkanes of at least 4 members (excludes halogenated alkanes) is 1. The Morgan fingerprint density at radius 3 is 2.68 bits per heavy atom. The zero-order valence-corrected chi connectivity index (χ0v) is 10.8. The van der Waals surface area contributed by atoms with E-state index in [1.54, 1.807) is 6.92 Å². The van der Waals surface area contributed by atoms with Gasteiger partial charge in [-0.05, 0) is 30.9 Å². The van der Waals surface area contributed by atoms with Crippen molar-refractivity contribution >= 4 is 11.9 Å². The molecule has 6 heteroatoms. The number of carbonyl (C=O) groups excluding carboxylic acids is 1. The van der Waals surface area contributed by atoms with Crippen LogP contribution in [0.5, 0.6) is 0 Å². The normalized spacial score (nSPS) is 10.2. The number of pyridine rings is 1. The molecule has 0 unspecified atom stereocenters. The highest BCUT2D eigenvalue weighted by atomic mass is 16.4. The first kappa shape index (κ1) is 15.1. The number of hydrogen-bond donors (Lipinski definition) is 3. The van der Waals surface area contributed by atoms with E-state index in [-0.39, 0.29) is 23.8 Å². The van der Waals surface area contributed by atoms with E-state index < -0.39 is 5.97 Å². The summed E-state index contributed by atoms with van der Waals surface area (Å²) >= 11 is 0. The van der Waals surface area contributed by atoms with Crippen molar-refractivity contribution < 1.29 is 19.8 Å². The molecule has 0 fully saturated rings. The van der Waals surface area contributed by atoms with Crippen molar-refractivity contribution in [1.29, 1.82) is 0 Å². The minimum absolute atomic E-state index is 0.0861. The van der Waals surface area contributed by atoms with Crippen LogP contribution in [0.2, 0.25) is 0 Å². The van der Waals surface area contributed by atoms with E-state index in [4.69, 9.17) is 10.2 Å². The number of aliphatic hydroxyl groups is 1. The van der Waals surface area contributed by atoms with Crippen molar-refractivity contribution in [3.05, 3.63) is 29.1 Å². The molecule has 0 spiro atoms. The van der Waals surface area contributed by atoms with Gasteiger partial charge in [-0.15, -0.1) is 0 Å². The summed E-state index contributed by atoms with van der Waals surface area (Å²) in [5.74, 6) is -1.44. The summed E-state index contributed by atoms with van der Waals surface area (Å²) in [7, 11) is 0. The van der Waals surface area contributed by atoms with Gasteiger partial charge in [0.05, 0.1) is 5.56 Å². The van der Waals surface area contributed by atoms with E-state index in [1.807, 2.05) is 0 Å². The molecule has 1 amide bonds. The van der Waals surface area contributed by atoms with Crippen molar-refractivity contribution in [2.24, 2.45) is 0 Å². The van der Waals surface area contributed by atoms with Crippen molar-refractivity contribution in [1.82, 2.24) is 10.3 Å². The molecule has 0 aromatic carbocycles. The Balaban J connectivity index is 2.84. The summed E-state index contributed by atoms with van der Waals surface area (Å²) in [4.78, 5) is 27.0. The van der Waals surface area contributed by atoms with Crippen LogP contribution >= 0.6 is 0 Å². The molecule has 19 heavy (non-hydrogen) atoms. The van der Waals surface area contributed by atoms with E-state index in [0.717, 1.165) is 0 Å². The number of nitrogens with zero attached hydrogens (tertiary/aromatic N) is 1. The van der Waals surface area contributed by atoms with Crippen LogP contribution in [0, 0.1) is 0 Å². The lowest BCUT2D eigenvalue weighted by atomic mass is 10.0. The van der Waals surface area contributed by atoms with Crippen molar-refractivity contribution in [2.75, 3.05) is 13.2 Å². The highest BCUT2D eigenvalue weighted by molar-refractivity contribution is 5.98. The first-order valence-electron chi connectivity index (χ1n) is 6.22. The lowest BCUT2D eigenvalue weighted by Crippen LogP contribution is -2.27.